The molecule has 2 aliphatic carbocycles. The van der Waals surface area contributed by atoms with Crippen LogP contribution >= 0.6 is 0 Å². The van der Waals surface area contributed by atoms with Gasteiger partial charge in [0.2, 0.25) is 0 Å². The fraction of sp³-hybridized carbons (Fsp3) is 0.450. The molecule has 0 spiro atoms. The molecule has 1 N–H and O–H groups in total. The first kappa shape index (κ1) is 15.3. The molecule has 2 aromatic rings. The monoisotopic (exact) mass is 321 g/mol. The van der Waals surface area contributed by atoms with Gasteiger partial charge in [0, 0.05) is 18.2 Å². The number of carbonyl (C=O) groups is 1. The van der Waals surface area contributed by atoms with Gasteiger partial charge in [-0.1, -0.05) is 43.2 Å². The molecule has 4 atom stereocenters. The highest BCUT2D eigenvalue weighted by Crippen LogP contribution is 2.54. The molecule has 0 aliphatic heterocycles. The SMILES string of the molecule is Cc1cnc(C(=O)N[C@H]2[C@@H]3CCCC[C@H]3[C@@H]2c2ccccc2)cn1. The van der Waals surface area contributed by atoms with Gasteiger partial charge >= 0.3 is 0 Å². The van der Waals surface area contributed by atoms with Gasteiger partial charge in [-0.15, -0.1) is 0 Å². The topological polar surface area (TPSA) is 54.9 Å². The number of carbonyl (C=O) groups excluding carboxylic acids is 1. The molecule has 0 unspecified atom stereocenters. The summed E-state index contributed by atoms with van der Waals surface area (Å²) in [4.78, 5) is 21.0. The lowest BCUT2D eigenvalue weighted by Crippen LogP contribution is -2.59. The van der Waals surface area contributed by atoms with Gasteiger partial charge in [0.1, 0.15) is 5.69 Å². The zero-order chi connectivity index (χ0) is 16.5. The van der Waals surface area contributed by atoms with Crippen LogP contribution in [0.2, 0.25) is 0 Å². The number of aromatic nitrogens is 2. The van der Waals surface area contributed by atoms with Crippen LogP contribution in [0.4, 0.5) is 0 Å². The van der Waals surface area contributed by atoms with Gasteiger partial charge in [0.15, 0.2) is 0 Å². The quantitative estimate of drug-likeness (QED) is 0.941. The molecule has 24 heavy (non-hydrogen) atoms. The Balaban J connectivity index is 1.55. The summed E-state index contributed by atoms with van der Waals surface area (Å²) in [5.41, 5.74) is 2.58. The number of nitrogens with zero attached hydrogens (tertiary/aromatic N) is 2. The van der Waals surface area contributed by atoms with Crippen molar-refractivity contribution in [3.8, 4) is 0 Å². The molecule has 1 aromatic carbocycles. The van der Waals surface area contributed by atoms with Crippen molar-refractivity contribution in [2.24, 2.45) is 11.8 Å². The molecule has 1 aromatic heterocycles. The van der Waals surface area contributed by atoms with E-state index < -0.39 is 0 Å². The van der Waals surface area contributed by atoms with Gasteiger partial charge < -0.3 is 5.32 Å². The Morgan fingerprint density at radius 1 is 1.04 bits per heavy atom. The van der Waals surface area contributed by atoms with Crippen LogP contribution in [0.5, 0.6) is 0 Å². The van der Waals surface area contributed by atoms with E-state index in [1.807, 2.05) is 6.92 Å². The van der Waals surface area contributed by atoms with Crippen molar-refractivity contribution in [3.63, 3.8) is 0 Å². The van der Waals surface area contributed by atoms with Gasteiger partial charge in [-0.25, -0.2) is 4.98 Å². The molecule has 124 valence electrons. The van der Waals surface area contributed by atoms with E-state index in [2.05, 4.69) is 45.6 Å². The van der Waals surface area contributed by atoms with Crippen molar-refractivity contribution in [3.05, 3.63) is 59.7 Å². The Bertz CT molecular complexity index is 713. The Hall–Kier alpha value is -2.23. The van der Waals surface area contributed by atoms with Gasteiger partial charge in [0.05, 0.1) is 11.9 Å². The number of aryl methyl sites for hydroxylation is 1. The van der Waals surface area contributed by atoms with Crippen LogP contribution in [-0.4, -0.2) is 21.9 Å². The largest absolute Gasteiger partial charge is 0.347 e. The highest BCUT2D eigenvalue weighted by atomic mass is 16.2. The van der Waals surface area contributed by atoms with Crippen LogP contribution in [0, 0.1) is 18.8 Å². The number of hydrogen-bond acceptors (Lipinski definition) is 3. The molecule has 2 aliphatic rings. The molecule has 4 nitrogen and oxygen atoms in total. The molecule has 2 saturated carbocycles. The molecule has 4 rings (SSSR count). The predicted molar refractivity (Wildman–Crippen MR) is 92.7 cm³/mol. The molecular weight excluding hydrogens is 298 g/mol. The summed E-state index contributed by atoms with van der Waals surface area (Å²) in [7, 11) is 0. The number of fused-ring (bicyclic) bond motifs is 1. The standard InChI is InChI=1S/C20H23N3O/c1-13-11-22-17(12-21-13)20(24)23-19-16-10-6-5-9-15(16)18(19)14-7-3-2-4-8-14/h2-4,7-8,11-12,15-16,18-19H,5-6,9-10H2,1H3,(H,23,24)/t15-,16-,18+,19+/m1/s1. The van der Waals surface area contributed by atoms with Crippen LogP contribution in [-0.2, 0) is 0 Å². The van der Waals surface area contributed by atoms with Crippen molar-refractivity contribution in [2.75, 3.05) is 0 Å². The Kier molecular flexibility index (Phi) is 4.05. The fourth-order valence-corrected chi connectivity index (χ4v) is 4.53. The predicted octanol–water partition coefficient (Wildman–Crippen LogP) is 3.49. The lowest BCUT2D eigenvalue weighted by Gasteiger charge is -2.55. The van der Waals surface area contributed by atoms with Crippen LogP contribution < -0.4 is 5.32 Å². The maximum absolute atomic E-state index is 12.6. The molecule has 0 radical (unpaired) electrons. The molecule has 1 amide bonds. The summed E-state index contributed by atoms with van der Waals surface area (Å²) in [6.07, 6.45) is 8.31. The number of rotatable bonds is 3. The van der Waals surface area contributed by atoms with E-state index in [0.29, 0.717) is 23.4 Å². The molecule has 0 saturated heterocycles. The van der Waals surface area contributed by atoms with Crippen LogP contribution in [0.3, 0.4) is 0 Å². The zero-order valence-electron chi connectivity index (χ0n) is 14.0. The average molecular weight is 321 g/mol. The average Bonchev–Trinajstić information content (AvgIpc) is 2.61. The molecular formula is C20H23N3O. The molecule has 0 bridgehead atoms. The second-order valence-electron chi connectivity index (χ2n) is 7.09. The Morgan fingerprint density at radius 3 is 2.50 bits per heavy atom. The van der Waals surface area contributed by atoms with Crippen molar-refractivity contribution in [2.45, 2.75) is 44.6 Å². The first-order chi connectivity index (χ1) is 11.7. The van der Waals surface area contributed by atoms with Crippen molar-refractivity contribution < 1.29 is 4.79 Å². The van der Waals surface area contributed by atoms with Crippen molar-refractivity contribution in [1.82, 2.24) is 15.3 Å². The van der Waals surface area contributed by atoms with Gasteiger partial charge in [0.25, 0.3) is 5.91 Å². The van der Waals surface area contributed by atoms with E-state index in [4.69, 9.17) is 0 Å². The van der Waals surface area contributed by atoms with Gasteiger partial charge in [-0.3, -0.25) is 9.78 Å². The fourth-order valence-electron chi connectivity index (χ4n) is 4.53. The number of hydrogen-bond donors (Lipinski definition) is 1. The number of benzene rings is 1. The van der Waals surface area contributed by atoms with Crippen LogP contribution in [0.15, 0.2) is 42.7 Å². The second kappa shape index (κ2) is 6.34. The maximum Gasteiger partial charge on any atom is 0.271 e. The van der Waals surface area contributed by atoms with Crippen LogP contribution in [0.25, 0.3) is 0 Å². The minimum atomic E-state index is -0.0996. The normalized spacial score (nSPS) is 28.5. The smallest absolute Gasteiger partial charge is 0.271 e. The number of amides is 1. The zero-order valence-corrected chi connectivity index (χ0v) is 14.0. The molecule has 2 fully saturated rings. The van der Waals surface area contributed by atoms with Crippen molar-refractivity contribution in [1.29, 1.82) is 0 Å². The lowest BCUT2D eigenvalue weighted by molar-refractivity contribution is 0.0250. The van der Waals surface area contributed by atoms with Gasteiger partial charge in [-0.05, 0) is 37.2 Å². The van der Waals surface area contributed by atoms with E-state index in [1.54, 1.807) is 12.4 Å². The van der Waals surface area contributed by atoms with E-state index in [0.717, 1.165) is 5.69 Å². The molecule has 4 heteroatoms. The summed E-state index contributed by atoms with van der Waals surface area (Å²) < 4.78 is 0. The van der Waals surface area contributed by atoms with E-state index in [-0.39, 0.29) is 11.9 Å². The number of nitrogens with one attached hydrogen (secondary N) is 1. The third-order valence-corrected chi connectivity index (χ3v) is 5.68. The Labute approximate surface area is 142 Å². The minimum Gasteiger partial charge on any atom is -0.347 e. The highest BCUT2D eigenvalue weighted by molar-refractivity contribution is 5.92. The maximum atomic E-state index is 12.6. The summed E-state index contributed by atoms with van der Waals surface area (Å²) in [6.45, 7) is 1.87. The van der Waals surface area contributed by atoms with Crippen molar-refractivity contribution >= 4 is 5.91 Å². The minimum absolute atomic E-state index is 0.0996. The lowest BCUT2D eigenvalue weighted by atomic mass is 9.53. The molecule has 1 heterocycles. The Morgan fingerprint density at radius 2 is 1.79 bits per heavy atom. The highest BCUT2D eigenvalue weighted by Gasteiger charge is 2.51. The van der Waals surface area contributed by atoms with Gasteiger partial charge in [-0.2, -0.15) is 0 Å². The summed E-state index contributed by atoms with van der Waals surface area (Å²) >= 11 is 0. The van der Waals surface area contributed by atoms with E-state index in [1.165, 1.54) is 31.2 Å². The summed E-state index contributed by atoms with van der Waals surface area (Å²) in [6, 6.07) is 10.8. The van der Waals surface area contributed by atoms with E-state index >= 15 is 0 Å². The first-order valence-electron chi connectivity index (χ1n) is 8.88. The third-order valence-electron chi connectivity index (χ3n) is 5.68. The summed E-state index contributed by atoms with van der Waals surface area (Å²) in [5, 5.41) is 3.26. The second-order valence-corrected chi connectivity index (χ2v) is 7.09. The first-order valence-corrected chi connectivity index (χ1v) is 8.88. The summed E-state index contributed by atoms with van der Waals surface area (Å²) in [5.74, 6) is 1.64. The van der Waals surface area contributed by atoms with E-state index in [9.17, 15) is 4.79 Å². The van der Waals surface area contributed by atoms with Crippen LogP contribution in [0.1, 0.15) is 53.3 Å². The third kappa shape index (κ3) is 2.70.